The molecule has 3 heterocycles. The zero-order valence-electron chi connectivity index (χ0n) is 26.0. The van der Waals surface area contributed by atoms with E-state index in [9.17, 15) is 33.9 Å². The van der Waals surface area contributed by atoms with E-state index in [2.05, 4.69) is 26.3 Å². The van der Waals surface area contributed by atoms with Crippen LogP contribution in [0.5, 0.6) is 0 Å². The number of amides is 5. The number of benzene rings is 1. The summed E-state index contributed by atoms with van der Waals surface area (Å²) < 4.78 is 0. The Labute approximate surface area is 266 Å². The van der Waals surface area contributed by atoms with Crippen molar-refractivity contribution in [2.45, 2.75) is 90.5 Å². The molecule has 0 unspecified atom stereocenters. The van der Waals surface area contributed by atoms with Crippen LogP contribution >= 0.6 is 11.6 Å². The smallest absolute Gasteiger partial charge is 0.305 e. The summed E-state index contributed by atoms with van der Waals surface area (Å²) in [7, 11) is 0. The molecule has 14 heteroatoms. The van der Waals surface area contributed by atoms with Crippen LogP contribution in [0, 0.1) is 11.3 Å². The Bertz CT molecular complexity index is 1500. The summed E-state index contributed by atoms with van der Waals surface area (Å²) in [6, 6.07) is 1.23. The molecule has 2 fully saturated rings. The third-order valence-corrected chi connectivity index (χ3v) is 8.62. The Morgan fingerprint density at radius 3 is 2.27 bits per heavy atom. The second-order valence-electron chi connectivity index (χ2n) is 13.1. The van der Waals surface area contributed by atoms with Gasteiger partial charge in [0.15, 0.2) is 0 Å². The molecule has 0 spiro atoms. The fraction of sp³-hybridized carbons (Fsp3) is 0.548. The zero-order chi connectivity index (χ0) is 33.2. The van der Waals surface area contributed by atoms with Crippen LogP contribution in [0.3, 0.4) is 0 Å². The van der Waals surface area contributed by atoms with E-state index in [1.54, 1.807) is 52.8 Å². The number of hydrogen-bond donors (Lipinski definition) is 6. The molecule has 2 aliphatic rings. The first-order valence-corrected chi connectivity index (χ1v) is 15.4. The number of para-hydroxylation sites is 1. The average molecular weight is 645 g/mol. The van der Waals surface area contributed by atoms with Gasteiger partial charge in [-0.05, 0) is 35.8 Å². The van der Waals surface area contributed by atoms with Crippen molar-refractivity contribution in [3.63, 3.8) is 0 Å². The number of fused-ring (bicyclic) bond motifs is 2. The molecule has 1 aromatic carbocycles. The maximum atomic E-state index is 13.9. The lowest BCUT2D eigenvalue weighted by Gasteiger charge is -2.34. The molecule has 4 rings (SSSR count). The third kappa shape index (κ3) is 7.58. The number of aliphatic carboxylic acids is 1. The van der Waals surface area contributed by atoms with Crippen LogP contribution in [0.1, 0.15) is 59.4 Å². The van der Waals surface area contributed by atoms with E-state index in [1.165, 1.54) is 4.90 Å². The molecule has 13 nitrogen and oxygen atoms in total. The Hall–Kier alpha value is -4.13. The highest BCUT2D eigenvalue weighted by atomic mass is 35.5. The number of carbonyl (C=O) groups is 6. The van der Waals surface area contributed by atoms with Gasteiger partial charge in [-0.15, -0.1) is 0 Å². The topological polar surface area (TPSA) is 190 Å². The van der Waals surface area contributed by atoms with E-state index in [4.69, 9.17) is 11.6 Å². The van der Waals surface area contributed by atoms with Gasteiger partial charge in [0.25, 0.3) is 0 Å². The first kappa shape index (κ1) is 33.8. The van der Waals surface area contributed by atoms with Gasteiger partial charge in [-0.2, -0.15) is 0 Å². The quantitative estimate of drug-likeness (QED) is 0.284. The number of halogens is 1. The molecule has 6 N–H and O–H groups in total. The molecule has 2 saturated heterocycles. The number of aromatic amines is 1. The molecule has 0 saturated carbocycles. The molecule has 5 atom stereocenters. The molecule has 0 bridgehead atoms. The van der Waals surface area contributed by atoms with Crippen LogP contribution in [-0.4, -0.2) is 87.2 Å². The van der Waals surface area contributed by atoms with E-state index in [0.717, 1.165) is 0 Å². The Morgan fingerprint density at radius 2 is 1.62 bits per heavy atom. The van der Waals surface area contributed by atoms with E-state index < -0.39 is 83.5 Å². The Morgan fingerprint density at radius 1 is 0.956 bits per heavy atom. The zero-order valence-corrected chi connectivity index (χ0v) is 26.8. The fourth-order valence-electron chi connectivity index (χ4n) is 5.88. The SMILES string of the molecule is CC(C)[C@H]1NC(=O)[C@H](C(C)(C)C)NC(=O)[C@@H]2CCCN2C(=O)[C@@H](CC(=O)O)NC(=O)[C@H](Cc2c(Cl)[nH]c3ccccc23)NC1=O. The number of rotatable bonds is 5. The minimum Gasteiger partial charge on any atom is -0.481 e. The summed E-state index contributed by atoms with van der Waals surface area (Å²) in [5.74, 6) is -5.18. The normalized spacial score (nSPS) is 25.6. The molecule has 244 valence electrons. The summed E-state index contributed by atoms with van der Waals surface area (Å²) in [5, 5.41) is 21.4. The minimum atomic E-state index is -1.52. The van der Waals surface area contributed by atoms with E-state index >= 15 is 0 Å². The van der Waals surface area contributed by atoms with Gasteiger partial charge in [0.2, 0.25) is 29.5 Å². The van der Waals surface area contributed by atoms with Crippen molar-refractivity contribution in [1.82, 2.24) is 31.2 Å². The molecular formula is C31H41ClN6O7. The number of aromatic nitrogens is 1. The monoisotopic (exact) mass is 644 g/mol. The second kappa shape index (κ2) is 13.5. The summed E-state index contributed by atoms with van der Waals surface area (Å²) in [6.07, 6.45) is -0.0926. The Balaban J connectivity index is 1.80. The molecule has 0 radical (unpaired) electrons. The third-order valence-electron chi connectivity index (χ3n) is 8.30. The number of nitrogens with zero attached hydrogens (tertiary/aromatic N) is 1. The molecule has 2 aromatic rings. The number of H-pyrrole nitrogens is 1. The number of carboxylic acid groups (broad SMARTS) is 1. The molecule has 5 amide bonds. The van der Waals surface area contributed by atoms with Gasteiger partial charge in [-0.3, -0.25) is 28.8 Å². The van der Waals surface area contributed by atoms with Gasteiger partial charge >= 0.3 is 5.97 Å². The van der Waals surface area contributed by atoms with E-state index in [1.807, 2.05) is 6.07 Å². The minimum absolute atomic E-state index is 0.107. The predicted molar refractivity (Wildman–Crippen MR) is 166 cm³/mol. The first-order chi connectivity index (χ1) is 21.1. The lowest BCUT2D eigenvalue weighted by atomic mass is 9.85. The largest absolute Gasteiger partial charge is 0.481 e. The molecule has 2 aliphatic heterocycles. The van der Waals surface area contributed by atoms with Crippen molar-refractivity contribution >= 4 is 58.0 Å². The van der Waals surface area contributed by atoms with Crippen LogP contribution < -0.4 is 21.3 Å². The van der Waals surface area contributed by atoms with Crippen LogP contribution in [0.2, 0.25) is 5.15 Å². The van der Waals surface area contributed by atoms with Gasteiger partial charge in [-0.1, -0.05) is 64.4 Å². The van der Waals surface area contributed by atoms with Crippen LogP contribution in [0.4, 0.5) is 0 Å². The van der Waals surface area contributed by atoms with Crippen LogP contribution in [-0.2, 0) is 35.2 Å². The summed E-state index contributed by atoms with van der Waals surface area (Å²) in [4.78, 5) is 84.8. The van der Waals surface area contributed by atoms with Gasteiger partial charge in [0.05, 0.1) is 6.42 Å². The van der Waals surface area contributed by atoms with E-state index in [-0.39, 0.29) is 18.1 Å². The van der Waals surface area contributed by atoms with Gasteiger partial charge in [0, 0.05) is 23.9 Å². The van der Waals surface area contributed by atoms with Crippen molar-refractivity contribution < 1.29 is 33.9 Å². The average Bonchev–Trinajstić information content (AvgIpc) is 3.56. The van der Waals surface area contributed by atoms with Crippen molar-refractivity contribution in [3.8, 4) is 0 Å². The highest BCUT2D eigenvalue weighted by Gasteiger charge is 2.43. The number of hydrogen-bond acceptors (Lipinski definition) is 6. The highest BCUT2D eigenvalue weighted by molar-refractivity contribution is 6.31. The number of carbonyl (C=O) groups excluding carboxylic acids is 5. The lowest BCUT2D eigenvalue weighted by Crippen LogP contribution is -2.61. The maximum Gasteiger partial charge on any atom is 0.305 e. The molecule has 0 aliphatic carbocycles. The van der Waals surface area contributed by atoms with Crippen molar-refractivity contribution in [2.24, 2.45) is 11.3 Å². The Kier molecular flexibility index (Phi) is 10.1. The van der Waals surface area contributed by atoms with Crippen LogP contribution in [0.15, 0.2) is 24.3 Å². The van der Waals surface area contributed by atoms with Gasteiger partial charge < -0.3 is 36.3 Å². The second-order valence-corrected chi connectivity index (χ2v) is 13.5. The predicted octanol–water partition coefficient (Wildman–Crippen LogP) is 1.48. The van der Waals surface area contributed by atoms with Crippen molar-refractivity contribution in [1.29, 1.82) is 0 Å². The molecule has 45 heavy (non-hydrogen) atoms. The fourth-order valence-corrected chi connectivity index (χ4v) is 6.16. The standard InChI is InChI=1S/C31H41ClN6O7/c1-15(2)23-28(43)34-19(13-17-16-9-6-7-10-18(16)33-25(17)32)26(41)35-20(14-22(39)40)30(45)38-12-8-11-21(38)27(42)37-24(29(44)36-23)31(3,4)5/h6-7,9-10,15,19-21,23-24,33H,8,11-14H2,1-5H3,(H,34,43)(H,35,41)(H,36,44)(H,37,42)(H,39,40)/t19-,20+,21-,23+,24+/m0/s1. The van der Waals surface area contributed by atoms with Gasteiger partial charge in [0.1, 0.15) is 35.4 Å². The van der Waals surface area contributed by atoms with E-state index in [0.29, 0.717) is 29.3 Å². The van der Waals surface area contributed by atoms with Crippen molar-refractivity contribution in [2.75, 3.05) is 6.54 Å². The number of carboxylic acids is 1. The summed E-state index contributed by atoms with van der Waals surface area (Å²) in [5.41, 5.74) is 0.453. The maximum absolute atomic E-state index is 13.9. The summed E-state index contributed by atoms with van der Waals surface area (Å²) in [6.45, 7) is 8.91. The number of nitrogens with one attached hydrogen (secondary N) is 5. The highest BCUT2D eigenvalue weighted by Crippen LogP contribution is 2.28. The van der Waals surface area contributed by atoms with Crippen molar-refractivity contribution in [3.05, 3.63) is 35.0 Å². The summed E-state index contributed by atoms with van der Waals surface area (Å²) >= 11 is 6.53. The first-order valence-electron chi connectivity index (χ1n) is 15.1. The molecule has 1 aromatic heterocycles. The molecular weight excluding hydrogens is 604 g/mol. The van der Waals surface area contributed by atoms with Gasteiger partial charge in [-0.25, -0.2) is 0 Å². The van der Waals surface area contributed by atoms with Crippen LogP contribution in [0.25, 0.3) is 10.9 Å². The lowest BCUT2D eigenvalue weighted by molar-refractivity contribution is -0.146.